The molecule has 14 heavy (non-hydrogen) atoms. The van der Waals surface area contributed by atoms with Crippen molar-refractivity contribution in [1.29, 1.82) is 0 Å². The maximum Gasteiger partial charge on any atom is 0.0424 e. The van der Waals surface area contributed by atoms with E-state index in [4.69, 9.17) is 5.73 Å². The highest BCUT2D eigenvalue weighted by Gasteiger charge is 2.28. The number of benzene rings is 1. The highest BCUT2D eigenvalue weighted by atomic mass is 15.2. The van der Waals surface area contributed by atoms with Gasteiger partial charge in [-0.2, -0.15) is 0 Å². The summed E-state index contributed by atoms with van der Waals surface area (Å²) in [6.45, 7) is 7.81. The van der Waals surface area contributed by atoms with Crippen LogP contribution in [0.25, 0.3) is 0 Å². The van der Waals surface area contributed by atoms with Crippen molar-refractivity contribution in [3.63, 3.8) is 0 Å². The molecular formula is C12H18N2. The molecule has 0 atom stereocenters. The SMILES string of the molecule is CC(C)(C)N1CCc2c(N)cccc21. The van der Waals surface area contributed by atoms with E-state index in [1.165, 1.54) is 11.3 Å². The molecular weight excluding hydrogens is 172 g/mol. The van der Waals surface area contributed by atoms with Gasteiger partial charge in [-0.15, -0.1) is 0 Å². The lowest BCUT2D eigenvalue weighted by Gasteiger charge is -2.34. The average molecular weight is 190 g/mol. The second-order valence-corrected chi connectivity index (χ2v) is 4.92. The molecule has 0 fully saturated rings. The molecule has 2 N–H and O–H groups in total. The Morgan fingerprint density at radius 1 is 1.29 bits per heavy atom. The van der Waals surface area contributed by atoms with Gasteiger partial charge in [0.05, 0.1) is 0 Å². The topological polar surface area (TPSA) is 29.3 Å². The molecule has 1 aromatic rings. The minimum Gasteiger partial charge on any atom is -0.398 e. The van der Waals surface area contributed by atoms with E-state index in [9.17, 15) is 0 Å². The van der Waals surface area contributed by atoms with Crippen LogP contribution >= 0.6 is 0 Å². The van der Waals surface area contributed by atoms with Crippen molar-refractivity contribution in [2.24, 2.45) is 0 Å². The molecule has 2 rings (SSSR count). The zero-order valence-corrected chi connectivity index (χ0v) is 9.17. The quantitative estimate of drug-likeness (QED) is 0.637. The lowest BCUT2D eigenvalue weighted by Crippen LogP contribution is -2.40. The summed E-state index contributed by atoms with van der Waals surface area (Å²) in [4.78, 5) is 2.43. The minimum absolute atomic E-state index is 0.193. The standard InChI is InChI=1S/C12H18N2/c1-12(2,3)14-8-7-9-10(13)5-4-6-11(9)14/h4-6H,7-8,13H2,1-3H3. The van der Waals surface area contributed by atoms with Crippen molar-refractivity contribution < 1.29 is 0 Å². The molecule has 0 spiro atoms. The summed E-state index contributed by atoms with van der Waals surface area (Å²) in [6.07, 6.45) is 1.08. The lowest BCUT2D eigenvalue weighted by molar-refractivity contribution is 0.518. The average Bonchev–Trinajstić information content (AvgIpc) is 2.47. The smallest absolute Gasteiger partial charge is 0.0424 e. The third-order valence-corrected chi connectivity index (χ3v) is 2.87. The molecule has 0 aromatic heterocycles. The second kappa shape index (κ2) is 2.91. The number of hydrogen-bond acceptors (Lipinski definition) is 2. The van der Waals surface area contributed by atoms with Crippen LogP contribution in [0, 0.1) is 0 Å². The highest BCUT2D eigenvalue weighted by Crippen LogP contribution is 2.36. The van der Waals surface area contributed by atoms with Crippen LogP contribution in [0.5, 0.6) is 0 Å². The third-order valence-electron chi connectivity index (χ3n) is 2.87. The summed E-state index contributed by atoms with van der Waals surface area (Å²) in [5.41, 5.74) is 9.72. The van der Waals surface area contributed by atoms with Crippen LogP contribution < -0.4 is 10.6 Å². The summed E-state index contributed by atoms with van der Waals surface area (Å²) in [6, 6.07) is 6.20. The Hall–Kier alpha value is -1.18. The molecule has 0 bridgehead atoms. The van der Waals surface area contributed by atoms with Crippen molar-refractivity contribution in [3.05, 3.63) is 23.8 Å². The number of fused-ring (bicyclic) bond motifs is 1. The van der Waals surface area contributed by atoms with Gasteiger partial charge in [0, 0.05) is 29.0 Å². The van der Waals surface area contributed by atoms with Gasteiger partial charge in [0.15, 0.2) is 0 Å². The Morgan fingerprint density at radius 2 is 2.00 bits per heavy atom. The van der Waals surface area contributed by atoms with Gasteiger partial charge in [0.2, 0.25) is 0 Å². The van der Waals surface area contributed by atoms with Gasteiger partial charge >= 0.3 is 0 Å². The van der Waals surface area contributed by atoms with Crippen LogP contribution in [0.4, 0.5) is 11.4 Å². The fourth-order valence-corrected chi connectivity index (χ4v) is 2.16. The Kier molecular flexibility index (Phi) is 1.95. The molecule has 0 saturated carbocycles. The maximum atomic E-state index is 5.95. The van der Waals surface area contributed by atoms with E-state index in [2.05, 4.69) is 31.7 Å². The Morgan fingerprint density at radius 3 is 2.64 bits per heavy atom. The lowest BCUT2D eigenvalue weighted by atomic mass is 10.1. The molecule has 0 radical (unpaired) electrons. The molecule has 1 aliphatic rings. The van der Waals surface area contributed by atoms with Crippen LogP contribution in [-0.2, 0) is 6.42 Å². The van der Waals surface area contributed by atoms with E-state index >= 15 is 0 Å². The van der Waals surface area contributed by atoms with Gasteiger partial charge in [0.1, 0.15) is 0 Å². The normalized spacial score (nSPS) is 15.8. The third kappa shape index (κ3) is 1.35. The molecule has 0 saturated heterocycles. The van der Waals surface area contributed by atoms with Crippen molar-refractivity contribution in [1.82, 2.24) is 0 Å². The van der Waals surface area contributed by atoms with Crippen molar-refractivity contribution in [2.75, 3.05) is 17.2 Å². The van der Waals surface area contributed by atoms with Crippen molar-refractivity contribution >= 4 is 11.4 Å². The van der Waals surface area contributed by atoms with Crippen LogP contribution in [0.2, 0.25) is 0 Å². The van der Waals surface area contributed by atoms with Gasteiger partial charge in [-0.3, -0.25) is 0 Å². The Labute approximate surface area is 85.7 Å². The van der Waals surface area contributed by atoms with Gasteiger partial charge in [-0.25, -0.2) is 0 Å². The monoisotopic (exact) mass is 190 g/mol. The number of rotatable bonds is 0. The van der Waals surface area contributed by atoms with E-state index < -0.39 is 0 Å². The van der Waals surface area contributed by atoms with Gasteiger partial charge in [-0.05, 0) is 39.3 Å². The van der Waals surface area contributed by atoms with Gasteiger partial charge in [0.25, 0.3) is 0 Å². The largest absolute Gasteiger partial charge is 0.398 e. The van der Waals surface area contributed by atoms with Crippen molar-refractivity contribution in [2.45, 2.75) is 32.7 Å². The first kappa shape index (κ1) is 9.38. The number of nitrogens with zero attached hydrogens (tertiary/aromatic N) is 1. The van der Waals surface area contributed by atoms with E-state index in [0.717, 1.165) is 18.7 Å². The zero-order valence-electron chi connectivity index (χ0n) is 9.17. The van der Waals surface area contributed by atoms with E-state index in [1.807, 2.05) is 12.1 Å². The summed E-state index contributed by atoms with van der Waals surface area (Å²) < 4.78 is 0. The Bertz CT molecular complexity index is 350. The molecule has 2 nitrogen and oxygen atoms in total. The molecule has 0 amide bonds. The van der Waals surface area contributed by atoms with Gasteiger partial charge in [-0.1, -0.05) is 6.07 Å². The summed E-state index contributed by atoms with van der Waals surface area (Å²) in [7, 11) is 0. The van der Waals surface area contributed by atoms with Crippen LogP contribution in [0.1, 0.15) is 26.3 Å². The van der Waals surface area contributed by atoms with Crippen molar-refractivity contribution in [3.8, 4) is 0 Å². The number of nitrogen functional groups attached to an aromatic ring is 1. The first-order valence-corrected chi connectivity index (χ1v) is 5.15. The molecule has 76 valence electrons. The van der Waals surface area contributed by atoms with Crippen LogP contribution in [0.15, 0.2) is 18.2 Å². The predicted molar refractivity (Wildman–Crippen MR) is 61.7 cm³/mol. The van der Waals surface area contributed by atoms with Crippen LogP contribution in [-0.4, -0.2) is 12.1 Å². The first-order valence-electron chi connectivity index (χ1n) is 5.15. The van der Waals surface area contributed by atoms with E-state index in [1.54, 1.807) is 0 Å². The molecule has 1 aromatic carbocycles. The fraction of sp³-hybridized carbons (Fsp3) is 0.500. The minimum atomic E-state index is 0.193. The van der Waals surface area contributed by atoms with Crippen LogP contribution in [0.3, 0.4) is 0 Å². The first-order chi connectivity index (χ1) is 6.50. The van der Waals surface area contributed by atoms with Gasteiger partial charge < -0.3 is 10.6 Å². The number of nitrogens with two attached hydrogens (primary N) is 1. The molecule has 1 heterocycles. The maximum absolute atomic E-state index is 5.95. The van der Waals surface area contributed by atoms with E-state index in [0.29, 0.717) is 0 Å². The molecule has 1 aliphatic heterocycles. The summed E-state index contributed by atoms with van der Waals surface area (Å²) in [5.74, 6) is 0. The molecule has 0 unspecified atom stereocenters. The predicted octanol–water partition coefficient (Wildman–Crippen LogP) is 2.43. The fourth-order valence-electron chi connectivity index (χ4n) is 2.16. The second-order valence-electron chi connectivity index (χ2n) is 4.92. The summed E-state index contributed by atoms with van der Waals surface area (Å²) in [5, 5.41) is 0. The molecule has 2 heteroatoms. The number of hydrogen-bond donors (Lipinski definition) is 1. The summed E-state index contributed by atoms with van der Waals surface area (Å²) >= 11 is 0. The highest BCUT2D eigenvalue weighted by molar-refractivity contribution is 5.69. The van der Waals surface area contributed by atoms with E-state index in [-0.39, 0.29) is 5.54 Å². The zero-order chi connectivity index (χ0) is 10.3. The number of anilines is 2. The molecule has 0 aliphatic carbocycles. The Balaban J connectivity index is 2.45.